The molecular formula is C32H33N7O9. The highest BCUT2D eigenvalue weighted by atomic mass is 16.5. The second-order valence-electron chi connectivity index (χ2n) is 10.6. The Bertz CT molecular complexity index is 1690. The summed E-state index contributed by atoms with van der Waals surface area (Å²) >= 11 is 0. The summed E-state index contributed by atoms with van der Waals surface area (Å²) in [6.07, 6.45) is 0. The monoisotopic (exact) mass is 659 g/mol. The van der Waals surface area contributed by atoms with Crippen LogP contribution < -0.4 is 15.8 Å². The van der Waals surface area contributed by atoms with Crippen molar-refractivity contribution < 1.29 is 44.3 Å². The number of nitrogens with zero attached hydrogens (tertiary/aromatic N) is 5. The molecule has 4 aromatic rings. The van der Waals surface area contributed by atoms with E-state index in [0.29, 0.717) is 57.0 Å². The number of nitrogen functional groups attached to an aromatic ring is 1. The van der Waals surface area contributed by atoms with Crippen molar-refractivity contribution in [3.05, 3.63) is 78.1 Å². The molecular weight excluding hydrogens is 626 g/mol. The first-order chi connectivity index (χ1) is 22.9. The van der Waals surface area contributed by atoms with E-state index in [9.17, 15) is 39.6 Å². The first-order valence-electron chi connectivity index (χ1n) is 14.4. The van der Waals surface area contributed by atoms with Gasteiger partial charge >= 0.3 is 23.9 Å². The number of nitrogens with two attached hydrogens (primary N) is 1. The molecule has 0 aliphatic rings. The molecule has 7 N–H and O–H groups in total. The Kier molecular flexibility index (Phi) is 11.5. The lowest BCUT2D eigenvalue weighted by Gasteiger charge is -2.18. The van der Waals surface area contributed by atoms with Crippen LogP contribution in [0.25, 0.3) is 22.8 Å². The summed E-state index contributed by atoms with van der Waals surface area (Å²) in [6, 6.07) is 18.4. The van der Waals surface area contributed by atoms with Gasteiger partial charge < -0.3 is 36.2 Å². The van der Waals surface area contributed by atoms with Crippen molar-refractivity contribution in [1.29, 1.82) is 0 Å². The number of carboxylic acid groups (broad SMARTS) is 4. The van der Waals surface area contributed by atoms with E-state index in [0.717, 1.165) is 0 Å². The van der Waals surface area contributed by atoms with E-state index in [4.69, 9.17) is 15.5 Å². The van der Waals surface area contributed by atoms with E-state index in [-0.39, 0.29) is 13.1 Å². The molecule has 0 saturated heterocycles. The number of benzene rings is 1. The van der Waals surface area contributed by atoms with Crippen LogP contribution in [-0.2, 0) is 32.3 Å². The number of carbonyl (C=O) groups is 4. The quantitative estimate of drug-likeness (QED) is 0.0892. The fourth-order valence-electron chi connectivity index (χ4n) is 4.76. The summed E-state index contributed by atoms with van der Waals surface area (Å²) in [5, 5.41) is 40.0. The van der Waals surface area contributed by atoms with Gasteiger partial charge in [0.1, 0.15) is 11.5 Å². The van der Waals surface area contributed by atoms with Gasteiger partial charge in [-0.3, -0.25) is 29.0 Å². The lowest BCUT2D eigenvalue weighted by molar-refractivity contribution is -0.144. The zero-order chi connectivity index (χ0) is 34.8. The summed E-state index contributed by atoms with van der Waals surface area (Å²) in [6.45, 7) is -2.12. The van der Waals surface area contributed by atoms with Crippen LogP contribution in [0.5, 0.6) is 11.5 Å². The van der Waals surface area contributed by atoms with Gasteiger partial charge in [-0.2, -0.15) is 0 Å². The van der Waals surface area contributed by atoms with Crippen molar-refractivity contribution >= 4 is 35.3 Å². The van der Waals surface area contributed by atoms with Crippen LogP contribution in [0.3, 0.4) is 0 Å². The van der Waals surface area contributed by atoms with E-state index in [2.05, 4.69) is 15.3 Å². The van der Waals surface area contributed by atoms with Crippen molar-refractivity contribution in [1.82, 2.24) is 24.8 Å². The SMILES string of the molecule is CNc1cc(Oc2cc(-c3cccc(CN(CC(=O)O)CC(=O)O)n3)nc(-c3cccc(CN(CC(=O)O)CC(=O)O)n3)c2)ccc1N. The fourth-order valence-corrected chi connectivity index (χ4v) is 4.76. The molecule has 0 unspecified atom stereocenters. The smallest absolute Gasteiger partial charge is 0.317 e. The average Bonchev–Trinajstić information content (AvgIpc) is 3.01. The van der Waals surface area contributed by atoms with Crippen molar-refractivity contribution in [3.63, 3.8) is 0 Å². The minimum absolute atomic E-state index is 0.0551. The number of rotatable bonds is 17. The molecule has 16 nitrogen and oxygen atoms in total. The highest BCUT2D eigenvalue weighted by Gasteiger charge is 2.18. The number of aromatic nitrogens is 3. The predicted octanol–water partition coefficient (Wildman–Crippen LogP) is 2.56. The van der Waals surface area contributed by atoms with Gasteiger partial charge in [-0.25, -0.2) is 15.0 Å². The number of ether oxygens (including phenoxy) is 1. The van der Waals surface area contributed by atoms with Gasteiger partial charge in [0.15, 0.2) is 0 Å². The van der Waals surface area contributed by atoms with Crippen molar-refractivity contribution in [3.8, 4) is 34.3 Å². The minimum atomic E-state index is -1.18. The predicted molar refractivity (Wildman–Crippen MR) is 172 cm³/mol. The maximum atomic E-state index is 11.3. The second kappa shape index (κ2) is 15.9. The zero-order valence-electron chi connectivity index (χ0n) is 25.7. The van der Waals surface area contributed by atoms with Crippen molar-refractivity contribution in [2.75, 3.05) is 44.3 Å². The standard InChI is InChI=1S/C32H33N7O9/c1-34-26-10-21(8-9-23(26)33)48-22-11-27(24-6-2-4-19(35-24)13-38(15-29(40)41)16-30(42)43)37-28(12-22)25-7-3-5-20(36-25)14-39(17-31(44)45)18-32(46)47/h2-12,34H,13-18,33H2,1H3,(H,40,41)(H,42,43)(H,44,45)(H,46,47). The highest BCUT2D eigenvalue weighted by molar-refractivity contribution is 5.73. The third-order valence-corrected chi connectivity index (χ3v) is 6.67. The Morgan fingerprint density at radius 1 is 0.646 bits per heavy atom. The van der Waals surface area contributed by atoms with Gasteiger partial charge in [0.05, 0.1) is 71.7 Å². The molecule has 4 rings (SSSR count). The van der Waals surface area contributed by atoms with Crippen LogP contribution in [0.1, 0.15) is 11.4 Å². The van der Waals surface area contributed by atoms with E-state index in [1.165, 1.54) is 9.80 Å². The number of carboxylic acids is 4. The summed E-state index contributed by atoms with van der Waals surface area (Å²) in [5.74, 6) is -3.94. The van der Waals surface area contributed by atoms with Gasteiger partial charge in [-0.05, 0) is 36.4 Å². The molecule has 3 heterocycles. The van der Waals surface area contributed by atoms with Crippen molar-refractivity contribution in [2.24, 2.45) is 0 Å². The number of hydrogen-bond donors (Lipinski definition) is 6. The molecule has 0 saturated carbocycles. The van der Waals surface area contributed by atoms with Crippen LogP contribution in [0.2, 0.25) is 0 Å². The number of hydrogen-bond acceptors (Lipinski definition) is 12. The number of nitrogens with one attached hydrogen (secondary N) is 1. The highest BCUT2D eigenvalue weighted by Crippen LogP contribution is 2.32. The van der Waals surface area contributed by atoms with E-state index in [1.807, 2.05) is 0 Å². The molecule has 0 atom stereocenters. The Labute approximate surface area is 274 Å². The molecule has 0 amide bonds. The van der Waals surface area contributed by atoms with Crippen LogP contribution in [0.4, 0.5) is 11.4 Å². The summed E-state index contributed by atoms with van der Waals surface area (Å²) in [5.41, 5.74) is 9.43. The van der Waals surface area contributed by atoms with E-state index >= 15 is 0 Å². The molecule has 48 heavy (non-hydrogen) atoms. The van der Waals surface area contributed by atoms with Crippen LogP contribution in [-0.4, -0.2) is 102 Å². The second-order valence-corrected chi connectivity index (χ2v) is 10.6. The van der Waals surface area contributed by atoms with Gasteiger partial charge in [0, 0.05) is 38.3 Å². The Balaban J connectivity index is 1.75. The molecule has 16 heteroatoms. The maximum Gasteiger partial charge on any atom is 0.317 e. The maximum absolute atomic E-state index is 11.3. The van der Waals surface area contributed by atoms with Gasteiger partial charge in [0.25, 0.3) is 0 Å². The summed E-state index contributed by atoms with van der Waals surface area (Å²) in [7, 11) is 1.72. The number of pyridine rings is 3. The minimum Gasteiger partial charge on any atom is -0.480 e. The van der Waals surface area contributed by atoms with Crippen LogP contribution >= 0.6 is 0 Å². The van der Waals surface area contributed by atoms with E-state index in [1.54, 1.807) is 73.8 Å². The zero-order valence-corrected chi connectivity index (χ0v) is 25.7. The molecule has 0 bridgehead atoms. The first-order valence-corrected chi connectivity index (χ1v) is 14.4. The van der Waals surface area contributed by atoms with Gasteiger partial charge in [-0.1, -0.05) is 12.1 Å². The third kappa shape index (κ3) is 10.2. The summed E-state index contributed by atoms with van der Waals surface area (Å²) in [4.78, 5) is 61.7. The molecule has 0 radical (unpaired) electrons. The number of anilines is 2. The molecule has 0 fully saturated rings. The molecule has 0 aliphatic heterocycles. The lowest BCUT2D eigenvalue weighted by atomic mass is 10.1. The third-order valence-electron chi connectivity index (χ3n) is 6.67. The van der Waals surface area contributed by atoms with Crippen LogP contribution in [0.15, 0.2) is 66.7 Å². The molecule has 0 spiro atoms. The fraction of sp³-hybridized carbons (Fsp3) is 0.219. The number of aliphatic carboxylic acids is 4. The normalized spacial score (nSPS) is 11.0. The van der Waals surface area contributed by atoms with Crippen molar-refractivity contribution in [2.45, 2.75) is 13.1 Å². The van der Waals surface area contributed by atoms with Gasteiger partial charge in [0.2, 0.25) is 0 Å². The average molecular weight is 660 g/mol. The largest absolute Gasteiger partial charge is 0.480 e. The Morgan fingerprint density at radius 3 is 1.52 bits per heavy atom. The summed E-state index contributed by atoms with van der Waals surface area (Å²) < 4.78 is 6.20. The molecule has 3 aromatic heterocycles. The first kappa shape index (κ1) is 34.7. The lowest BCUT2D eigenvalue weighted by Crippen LogP contribution is -2.34. The Morgan fingerprint density at radius 2 is 1.10 bits per heavy atom. The Hall–Kier alpha value is -6.13. The van der Waals surface area contributed by atoms with Gasteiger partial charge in [-0.15, -0.1) is 0 Å². The van der Waals surface area contributed by atoms with E-state index < -0.39 is 50.1 Å². The molecule has 1 aromatic carbocycles. The molecule has 250 valence electrons. The van der Waals surface area contributed by atoms with Crippen LogP contribution in [0, 0.1) is 0 Å². The molecule has 0 aliphatic carbocycles. The topological polar surface area (TPSA) is 242 Å².